The maximum Gasteiger partial charge on any atom is 0.214 e. The normalized spacial score (nSPS) is 32.1. The van der Waals surface area contributed by atoms with Crippen LogP contribution < -0.4 is 4.72 Å². The Morgan fingerprint density at radius 2 is 2.27 bits per heavy atom. The van der Waals surface area contributed by atoms with E-state index in [1.165, 1.54) is 0 Å². The lowest BCUT2D eigenvalue weighted by atomic mass is 10.0. The molecule has 0 aromatic rings. The molecule has 1 heterocycles. The summed E-state index contributed by atoms with van der Waals surface area (Å²) in [6.07, 6.45) is 2.55. The van der Waals surface area contributed by atoms with Gasteiger partial charge in [0.1, 0.15) is 0 Å². The van der Waals surface area contributed by atoms with Crippen LogP contribution in [0.25, 0.3) is 0 Å². The van der Waals surface area contributed by atoms with Crippen molar-refractivity contribution in [2.24, 2.45) is 0 Å². The number of nitrogens with one attached hydrogen (secondary N) is 1. The lowest BCUT2D eigenvalue weighted by Gasteiger charge is -2.26. The molecule has 4 nitrogen and oxygen atoms in total. The van der Waals surface area contributed by atoms with Crippen molar-refractivity contribution < 1.29 is 13.2 Å². The average molecular weight is 251 g/mol. The van der Waals surface area contributed by atoms with Gasteiger partial charge < -0.3 is 4.74 Å². The number of hydrogen-bond acceptors (Lipinski definition) is 4. The van der Waals surface area contributed by atoms with Gasteiger partial charge in [-0.2, -0.15) is 11.8 Å². The van der Waals surface area contributed by atoms with E-state index in [9.17, 15) is 8.42 Å². The summed E-state index contributed by atoms with van der Waals surface area (Å²) in [6, 6.07) is 0. The SMILES string of the molecule is COC1(CNS(=O)(=O)C2CC2)CCSC1. The van der Waals surface area contributed by atoms with Crippen molar-refractivity contribution in [3.05, 3.63) is 0 Å². The zero-order chi connectivity index (χ0) is 10.9. The maximum atomic E-state index is 11.6. The smallest absolute Gasteiger partial charge is 0.214 e. The van der Waals surface area contributed by atoms with E-state index < -0.39 is 10.0 Å². The number of hydrogen-bond donors (Lipinski definition) is 1. The van der Waals surface area contributed by atoms with E-state index in [1.807, 2.05) is 11.8 Å². The number of ether oxygens (including phenoxy) is 1. The summed E-state index contributed by atoms with van der Waals surface area (Å²) in [5, 5.41) is -0.138. The number of rotatable bonds is 5. The maximum absolute atomic E-state index is 11.6. The molecule has 2 fully saturated rings. The summed E-state index contributed by atoms with van der Waals surface area (Å²) < 4.78 is 31.4. The molecule has 0 spiro atoms. The van der Waals surface area contributed by atoms with Gasteiger partial charge in [-0.1, -0.05) is 0 Å². The molecule has 1 aliphatic carbocycles. The van der Waals surface area contributed by atoms with Gasteiger partial charge in [0, 0.05) is 19.4 Å². The quantitative estimate of drug-likeness (QED) is 0.777. The van der Waals surface area contributed by atoms with Crippen molar-refractivity contribution in [3.63, 3.8) is 0 Å². The van der Waals surface area contributed by atoms with Gasteiger partial charge in [-0.05, 0) is 25.0 Å². The van der Waals surface area contributed by atoms with Gasteiger partial charge in [-0.15, -0.1) is 0 Å². The highest BCUT2D eigenvalue weighted by molar-refractivity contribution is 7.99. The fraction of sp³-hybridized carbons (Fsp3) is 1.00. The van der Waals surface area contributed by atoms with Crippen LogP contribution in [0.15, 0.2) is 0 Å². The summed E-state index contributed by atoms with van der Waals surface area (Å²) in [5.74, 6) is 1.94. The lowest BCUT2D eigenvalue weighted by molar-refractivity contribution is 0.0179. The third-order valence-electron chi connectivity index (χ3n) is 3.06. The first-order valence-electron chi connectivity index (χ1n) is 5.19. The molecule has 0 bridgehead atoms. The first-order valence-corrected chi connectivity index (χ1v) is 7.89. The van der Waals surface area contributed by atoms with Gasteiger partial charge in [0.05, 0.1) is 10.9 Å². The summed E-state index contributed by atoms with van der Waals surface area (Å²) in [6.45, 7) is 0.426. The van der Waals surface area contributed by atoms with Crippen LogP contribution >= 0.6 is 11.8 Å². The fourth-order valence-corrected chi connectivity index (χ4v) is 4.54. The van der Waals surface area contributed by atoms with Gasteiger partial charge in [0.2, 0.25) is 10.0 Å². The molecule has 6 heteroatoms. The van der Waals surface area contributed by atoms with Crippen LogP contribution in [-0.2, 0) is 14.8 Å². The Balaban J connectivity index is 1.90. The minimum absolute atomic E-state index is 0.138. The molecular weight excluding hydrogens is 234 g/mol. The Labute approximate surface area is 95.2 Å². The van der Waals surface area contributed by atoms with Crippen LogP contribution in [0.2, 0.25) is 0 Å². The van der Waals surface area contributed by atoms with E-state index in [4.69, 9.17) is 4.74 Å². The van der Waals surface area contributed by atoms with Crippen molar-refractivity contribution in [2.45, 2.75) is 30.1 Å². The van der Waals surface area contributed by atoms with Crippen LogP contribution in [0.5, 0.6) is 0 Å². The molecule has 0 radical (unpaired) electrons. The Bertz CT molecular complexity index is 318. The molecular formula is C9H17NO3S2. The largest absolute Gasteiger partial charge is 0.376 e. The fourth-order valence-electron chi connectivity index (χ4n) is 1.69. The second kappa shape index (κ2) is 4.24. The minimum Gasteiger partial charge on any atom is -0.376 e. The van der Waals surface area contributed by atoms with Crippen LogP contribution in [0, 0.1) is 0 Å². The highest BCUT2D eigenvalue weighted by Gasteiger charge is 2.39. The highest BCUT2D eigenvalue weighted by atomic mass is 32.2. The van der Waals surface area contributed by atoms with Crippen LogP contribution in [0.3, 0.4) is 0 Å². The van der Waals surface area contributed by atoms with Crippen molar-refractivity contribution in [3.8, 4) is 0 Å². The van der Waals surface area contributed by atoms with Crippen LogP contribution in [0.1, 0.15) is 19.3 Å². The first-order chi connectivity index (χ1) is 7.08. The zero-order valence-electron chi connectivity index (χ0n) is 8.86. The second-order valence-corrected chi connectivity index (χ2v) is 7.41. The van der Waals surface area contributed by atoms with E-state index in [0.29, 0.717) is 6.54 Å². The molecule has 1 aliphatic heterocycles. The Morgan fingerprint density at radius 1 is 1.53 bits per heavy atom. The molecule has 1 saturated carbocycles. The zero-order valence-corrected chi connectivity index (χ0v) is 10.5. The molecule has 2 aliphatic rings. The van der Waals surface area contributed by atoms with Crippen molar-refractivity contribution in [2.75, 3.05) is 25.2 Å². The van der Waals surface area contributed by atoms with Gasteiger partial charge in [-0.25, -0.2) is 13.1 Å². The Hall–Kier alpha value is 0.220. The van der Waals surface area contributed by atoms with Crippen molar-refractivity contribution >= 4 is 21.8 Å². The first kappa shape index (κ1) is 11.7. The molecule has 1 atom stereocenters. The van der Waals surface area contributed by atoms with Gasteiger partial charge in [-0.3, -0.25) is 0 Å². The van der Waals surface area contributed by atoms with Gasteiger partial charge in [0.15, 0.2) is 0 Å². The topological polar surface area (TPSA) is 55.4 Å². The Morgan fingerprint density at radius 3 is 2.73 bits per heavy atom. The summed E-state index contributed by atoms with van der Waals surface area (Å²) in [5.41, 5.74) is -0.271. The summed E-state index contributed by atoms with van der Waals surface area (Å²) in [7, 11) is -1.40. The molecule has 0 aromatic carbocycles. The molecule has 15 heavy (non-hydrogen) atoms. The molecule has 1 N–H and O–H groups in total. The average Bonchev–Trinajstić information content (AvgIpc) is 2.97. The third-order valence-corrected chi connectivity index (χ3v) is 6.18. The third kappa shape index (κ3) is 2.67. The van der Waals surface area contributed by atoms with E-state index >= 15 is 0 Å². The lowest BCUT2D eigenvalue weighted by Crippen LogP contribution is -2.45. The van der Waals surface area contributed by atoms with Crippen molar-refractivity contribution in [1.29, 1.82) is 0 Å². The van der Waals surface area contributed by atoms with Crippen molar-refractivity contribution in [1.82, 2.24) is 4.72 Å². The van der Waals surface area contributed by atoms with E-state index in [-0.39, 0.29) is 10.9 Å². The number of sulfonamides is 1. The molecule has 0 aromatic heterocycles. The molecule has 1 saturated heterocycles. The summed E-state index contributed by atoms with van der Waals surface area (Å²) >= 11 is 1.82. The molecule has 88 valence electrons. The van der Waals surface area contributed by atoms with E-state index in [0.717, 1.165) is 30.8 Å². The van der Waals surface area contributed by atoms with Crippen LogP contribution in [-0.4, -0.2) is 44.4 Å². The molecule has 2 rings (SSSR count). The second-order valence-electron chi connectivity index (χ2n) is 4.26. The van der Waals surface area contributed by atoms with Crippen LogP contribution in [0.4, 0.5) is 0 Å². The highest BCUT2D eigenvalue weighted by Crippen LogP contribution is 2.32. The van der Waals surface area contributed by atoms with E-state index in [2.05, 4.69) is 4.72 Å². The number of thioether (sulfide) groups is 1. The molecule has 0 amide bonds. The van der Waals surface area contributed by atoms with Gasteiger partial charge >= 0.3 is 0 Å². The predicted molar refractivity (Wildman–Crippen MR) is 61.6 cm³/mol. The summed E-state index contributed by atoms with van der Waals surface area (Å²) in [4.78, 5) is 0. The Kier molecular flexibility index (Phi) is 3.30. The minimum atomic E-state index is -3.06. The van der Waals surface area contributed by atoms with Gasteiger partial charge in [0.25, 0.3) is 0 Å². The monoisotopic (exact) mass is 251 g/mol. The van der Waals surface area contributed by atoms with E-state index in [1.54, 1.807) is 7.11 Å². The predicted octanol–water partition coefficient (Wildman–Crippen LogP) is 0.590. The number of methoxy groups -OCH3 is 1. The molecule has 1 unspecified atom stereocenters. The standard InChI is InChI=1S/C9H17NO3S2/c1-13-9(4-5-14-7-9)6-10-15(11,12)8-2-3-8/h8,10H,2-7H2,1H3.